The van der Waals surface area contributed by atoms with Crippen LogP contribution in [0.4, 0.5) is 5.69 Å². The van der Waals surface area contributed by atoms with E-state index >= 15 is 0 Å². The molecule has 0 radical (unpaired) electrons. The second-order valence-electron chi connectivity index (χ2n) is 5.37. The van der Waals surface area contributed by atoms with Crippen LogP contribution in [-0.4, -0.2) is 10.9 Å². The summed E-state index contributed by atoms with van der Waals surface area (Å²) in [5.41, 5.74) is 2.16. The third-order valence-corrected chi connectivity index (χ3v) is 3.90. The van der Waals surface area contributed by atoms with Crippen LogP contribution < -0.4 is 5.32 Å². The highest BCUT2D eigenvalue weighted by Crippen LogP contribution is 2.28. The first kappa shape index (κ1) is 16.8. The summed E-state index contributed by atoms with van der Waals surface area (Å²) in [7, 11) is 0. The van der Waals surface area contributed by atoms with E-state index in [0.29, 0.717) is 28.8 Å². The highest BCUT2D eigenvalue weighted by atomic mass is 35.5. The lowest BCUT2D eigenvalue weighted by molar-refractivity contribution is -0.116. The SMILES string of the molecule is C#Cc1cccc(NC(=O)CCc2ncc(-c3ccccc3Cl)o2)c1. The lowest BCUT2D eigenvalue weighted by atomic mass is 10.2. The van der Waals surface area contributed by atoms with Crippen LogP contribution in [0.25, 0.3) is 11.3 Å². The maximum Gasteiger partial charge on any atom is 0.224 e. The number of carbonyl (C=O) groups is 1. The van der Waals surface area contributed by atoms with E-state index in [4.69, 9.17) is 22.4 Å². The predicted octanol–water partition coefficient (Wildman–Crippen LogP) is 4.55. The summed E-state index contributed by atoms with van der Waals surface area (Å²) in [5.74, 6) is 3.48. The Morgan fingerprint density at radius 2 is 2.08 bits per heavy atom. The lowest BCUT2D eigenvalue weighted by Crippen LogP contribution is -2.12. The standard InChI is InChI=1S/C20H15ClN2O2/c1-2-14-6-5-7-15(12-14)23-19(24)10-11-20-22-13-18(25-20)16-8-3-4-9-17(16)21/h1,3-9,12-13H,10-11H2,(H,23,24). The van der Waals surface area contributed by atoms with E-state index in [9.17, 15) is 4.79 Å². The third kappa shape index (κ3) is 4.28. The van der Waals surface area contributed by atoms with Crippen LogP contribution >= 0.6 is 11.6 Å². The number of hydrogen-bond acceptors (Lipinski definition) is 3. The first-order chi connectivity index (χ1) is 12.2. The summed E-state index contributed by atoms with van der Waals surface area (Å²) >= 11 is 6.14. The maximum atomic E-state index is 12.1. The van der Waals surface area contributed by atoms with Gasteiger partial charge in [0.25, 0.3) is 0 Å². The van der Waals surface area contributed by atoms with E-state index in [1.54, 1.807) is 36.5 Å². The molecule has 4 nitrogen and oxygen atoms in total. The Labute approximate surface area is 150 Å². The van der Waals surface area contributed by atoms with Crippen molar-refractivity contribution in [1.82, 2.24) is 4.98 Å². The van der Waals surface area contributed by atoms with Crippen LogP contribution in [0.3, 0.4) is 0 Å². The summed E-state index contributed by atoms with van der Waals surface area (Å²) in [6.07, 6.45) is 7.61. The number of carbonyl (C=O) groups excluding carboxylic acids is 1. The van der Waals surface area contributed by atoms with E-state index in [1.165, 1.54) is 0 Å². The molecule has 5 heteroatoms. The molecular formula is C20H15ClN2O2. The fourth-order valence-corrected chi connectivity index (χ4v) is 2.57. The molecule has 0 fully saturated rings. The molecule has 0 saturated carbocycles. The van der Waals surface area contributed by atoms with Gasteiger partial charge in [-0.1, -0.05) is 35.7 Å². The van der Waals surface area contributed by atoms with E-state index in [0.717, 1.165) is 11.1 Å². The summed E-state index contributed by atoms with van der Waals surface area (Å²) in [4.78, 5) is 16.3. The molecule has 0 unspecified atom stereocenters. The normalized spacial score (nSPS) is 10.2. The van der Waals surface area contributed by atoms with Gasteiger partial charge in [0, 0.05) is 29.7 Å². The molecule has 0 bridgehead atoms. The van der Waals surface area contributed by atoms with Crippen molar-refractivity contribution in [1.29, 1.82) is 0 Å². The van der Waals surface area contributed by atoms with Crippen molar-refractivity contribution >= 4 is 23.2 Å². The summed E-state index contributed by atoms with van der Waals surface area (Å²) in [6, 6.07) is 14.5. The van der Waals surface area contributed by atoms with Crippen molar-refractivity contribution in [3.63, 3.8) is 0 Å². The molecule has 1 N–H and O–H groups in total. The quantitative estimate of drug-likeness (QED) is 0.687. The van der Waals surface area contributed by atoms with Gasteiger partial charge >= 0.3 is 0 Å². The molecule has 1 heterocycles. The Balaban J connectivity index is 1.60. The smallest absolute Gasteiger partial charge is 0.224 e. The van der Waals surface area contributed by atoms with Crippen LogP contribution in [0.5, 0.6) is 0 Å². The van der Waals surface area contributed by atoms with Crippen LogP contribution in [0.1, 0.15) is 17.9 Å². The van der Waals surface area contributed by atoms with Crippen LogP contribution in [0.2, 0.25) is 5.02 Å². The van der Waals surface area contributed by atoms with Gasteiger partial charge in [0.1, 0.15) is 0 Å². The van der Waals surface area contributed by atoms with E-state index in [2.05, 4.69) is 16.2 Å². The Bertz CT molecular complexity index is 941. The largest absolute Gasteiger partial charge is 0.441 e. The summed E-state index contributed by atoms with van der Waals surface area (Å²) < 4.78 is 5.69. The van der Waals surface area contributed by atoms with Crippen molar-refractivity contribution in [2.24, 2.45) is 0 Å². The molecule has 0 aliphatic rings. The van der Waals surface area contributed by atoms with Gasteiger partial charge in [-0.05, 0) is 30.3 Å². The topological polar surface area (TPSA) is 55.1 Å². The Hall–Kier alpha value is -3.03. The first-order valence-electron chi connectivity index (χ1n) is 7.72. The molecule has 3 rings (SSSR count). The highest BCUT2D eigenvalue weighted by Gasteiger charge is 2.11. The number of aromatic nitrogens is 1. The number of benzene rings is 2. The molecule has 1 aromatic heterocycles. The number of halogens is 1. The van der Waals surface area contributed by atoms with Gasteiger partial charge in [0.05, 0.1) is 11.2 Å². The fraction of sp³-hybridized carbons (Fsp3) is 0.100. The molecule has 0 aliphatic carbocycles. The Morgan fingerprint density at radius 1 is 1.24 bits per heavy atom. The Morgan fingerprint density at radius 3 is 2.88 bits per heavy atom. The maximum absolute atomic E-state index is 12.1. The Kier molecular flexibility index (Phi) is 5.17. The minimum absolute atomic E-state index is 0.133. The molecule has 3 aromatic rings. The highest BCUT2D eigenvalue weighted by molar-refractivity contribution is 6.33. The van der Waals surface area contributed by atoms with E-state index < -0.39 is 0 Å². The second-order valence-corrected chi connectivity index (χ2v) is 5.78. The van der Waals surface area contributed by atoms with Crippen molar-refractivity contribution in [3.8, 4) is 23.7 Å². The number of terminal acetylenes is 1. The monoisotopic (exact) mass is 350 g/mol. The first-order valence-corrected chi connectivity index (χ1v) is 8.09. The minimum Gasteiger partial charge on any atom is -0.441 e. The van der Waals surface area contributed by atoms with Gasteiger partial charge in [-0.2, -0.15) is 0 Å². The van der Waals surface area contributed by atoms with Crippen LogP contribution in [-0.2, 0) is 11.2 Å². The molecule has 0 aliphatic heterocycles. The average Bonchev–Trinajstić information content (AvgIpc) is 3.09. The molecule has 2 aromatic carbocycles. The zero-order valence-electron chi connectivity index (χ0n) is 13.3. The molecule has 25 heavy (non-hydrogen) atoms. The number of amides is 1. The molecule has 0 spiro atoms. The third-order valence-electron chi connectivity index (χ3n) is 3.57. The van der Waals surface area contributed by atoms with Crippen molar-refractivity contribution in [2.75, 3.05) is 5.32 Å². The number of anilines is 1. The average molecular weight is 351 g/mol. The zero-order valence-corrected chi connectivity index (χ0v) is 14.1. The van der Waals surface area contributed by atoms with Crippen molar-refractivity contribution < 1.29 is 9.21 Å². The molecule has 0 atom stereocenters. The van der Waals surface area contributed by atoms with Gasteiger partial charge in [0.2, 0.25) is 5.91 Å². The van der Waals surface area contributed by atoms with Crippen LogP contribution in [0.15, 0.2) is 59.1 Å². The molecule has 124 valence electrons. The number of aryl methyl sites for hydroxylation is 1. The zero-order chi connectivity index (χ0) is 17.6. The number of rotatable bonds is 5. The van der Waals surface area contributed by atoms with E-state index in [1.807, 2.05) is 18.2 Å². The van der Waals surface area contributed by atoms with Crippen LogP contribution in [0, 0.1) is 12.3 Å². The van der Waals surface area contributed by atoms with Gasteiger partial charge in [0.15, 0.2) is 11.7 Å². The van der Waals surface area contributed by atoms with Gasteiger partial charge in [-0.25, -0.2) is 4.98 Å². The number of hydrogen-bond donors (Lipinski definition) is 1. The fourth-order valence-electron chi connectivity index (χ4n) is 2.34. The lowest BCUT2D eigenvalue weighted by Gasteiger charge is -2.04. The summed E-state index contributed by atoms with van der Waals surface area (Å²) in [5, 5.41) is 3.40. The molecular weight excluding hydrogens is 336 g/mol. The van der Waals surface area contributed by atoms with Crippen molar-refractivity contribution in [3.05, 3.63) is 71.2 Å². The number of nitrogens with zero attached hydrogens (tertiary/aromatic N) is 1. The second kappa shape index (κ2) is 7.69. The molecule has 0 saturated heterocycles. The number of oxazole rings is 1. The molecule has 1 amide bonds. The summed E-state index contributed by atoms with van der Waals surface area (Å²) in [6.45, 7) is 0. The van der Waals surface area contributed by atoms with Gasteiger partial charge < -0.3 is 9.73 Å². The van der Waals surface area contributed by atoms with Gasteiger partial charge in [-0.3, -0.25) is 4.79 Å². The predicted molar refractivity (Wildman–Crippen MR) is 98.3 cm³/mol. The number of nitrogens with one attached hydrogen (secondary N) is 1. The van der Waals surface area contributed by atoms with E-state index in [-0.39, 0.29) is 12.3 Å². The van der Waals surface area contributed by atoms with Crippen molar-refractivity contribution in [2.45, 2.75) is 12.8 Å². The minimum atomic E-state index is -0.133. The van der Waals surface area contributed by atoms with Gasteiger partial charge in [-0.15, -0.1) is 6.42 Å².